The zero-order chi connectivity index (χ0) is 14.4. The third-order valence-electron chi connectivity index (χ3n) is 3.96. The van der Waals surface area contributed by atoms with E-state index in [4.69, 9.17) is 10.9 Å². The number of hydrogen-bond acceptors (Lipinski definition) is 4. The molecule has 4 nitrogen and oxygen atoms in total. The molecular formula is C15H23N3OS. The first-order valence-electron chi connectivity index (χ1n) is 7.06. The van der Waals surface area contributed by atoms with Crippen LogP contribution in [0.4, 0.5) is 0 Å². The topological polar surface area (TPSA) is 70.6 Å². The van der Waals surface area contributed by atoms with Gasteiger partial charge in [-0.3, -0.25) is 0 Å². The van der Waals surface area contributed by atoms with Crippen molar-refractivity contribution in [2.75, 3.05) is 6.26 Å². The van der Waals surface area contributed by atoms with E-state index in [0.717, 1.165) is 17.4 Å². The maximum absolute atomic E-state index is 8.62. The van der Waals surface area contributed by atoms with Gasteiger partial charge in [-0.2, -0.15) is 11.8 Å². The molecule has 0 radical (unpaired) electrons. The van der Waals surface area contributed by atoms with Gasteiger partial charge in [-0.25, -0.2) is 0 Å². The Bertz CT molecular complexity index is 439. The van der Waals surface area contributed by atoms with Crippen molar-refractivity contribution >= 4 is 17.6 Å². The van der Waals surface area contributed by atoms with E-state index in [0.29, 0.717) is 6.04 Å². The summed E-state index contributed by atoms with van der Waals surface area (Å²) in [5.74, 6) is 0.153. The molecule has 0 saturated heterocycles. The predicted molar refractivity (Wildman–Crippen MR) is 85.4 cm³/mol. The molecule has 0 aliphatic heterocycles. The summed E-state index contributed by atoms with van der Waals surface area (Å²) in [6, 6.07) is 8.46. The largest absolute Gasteiger partial charge is 0.409 e. The second-order valence-corrected chi connectivity index (χ2v) is 6.41. The lowest BCUT2D eigenvalue weighted by atomic mass is 9.95. The highest BCUT2D eigenvalue weighted by atomic mass is 32.2. The smallest absolute Gasteiger partial charge is 0.170 e. The van der Waals surface area contributed by atoms with Crippen LogP contribution in [0, 0.1) is 0 Å². The van der Waals surface area contributed by atoms with E-state index < -0.39 is 0 Å². The second kappa shape index (κ2) is 7.55. The average molecular weight is 293 g/mol. The van der Waals surface area contributed by atoms with E-state index in [1.807, 2.05) is 36.0 Å². The standard InChI is InChI=1S/C15H23N3OS/c1-20-14-8-6-13(7-9-14)17-10-11-2-4-12(5-3-11)15(16)18-19/h2-5,13-14,17,19H,6-10H2,1H3,(H2,16,18). The molecular weight excluding hydrogens is 270 g/mol. The molecule has 1 aliphatic rings. The lowest BCUT2D eigenvalue weighted by Crippen LogP contribution is -2.33. The van der Waals surface area contributed by atoms with Gasteiger partial charge >= 0.3 is 0 Å². The number of amidine groups is 1. The molecule has 0 spiro atoms. The van der Waals surface area contributed by atoms with Crippen molar-refractivity contribution in [3.05, 3.63) is 35.4 Å². The fourth-order valence-corrected chi connectivity index (χ4v) is 3.36. The molecule has 1 aromatic carbocycles. The Morgan fingerprint density at radius 1 is 1.30 bits per heavy atom. The molecule has 0 heterocycles. The first kappa shape index (κ1) is 15.2. The van der Waals surface area contributed by atoms with Crippen LogP contribution in [-0.2, 0) is 6.54 Å². The zero-order valence-corrected chi connectivity index (χ0v) is 12.7. The number of thioether (sulfide) groups is 1. The van der Waals surface area contributed by atoms with Gasteiger partial charge < -0.3 is 16.3 Å². The Hall–Kier alpha value is -1.20. The molecule has 4 N–H and O–H groups in total. The van der Waals surface area contributed by atoms with E-state index in [2.05, 4.69) is 16.7 Å². The molecule has 1 fully saturated rings. The lowest BCUT2D eigenvalue weighted by Gasteiger charge is -2.28. The molecule has 0 amide bonds. The Balaban J connectivity index is 1.80. The van der Waals surface area contributed by atoms with Gasteiger partial charge in [0.1, 0.15) is 0 Å². The summed E-state index contributed by atoms with van der Waals surface area (Å²) in [4.78, 5) is 0. The van der Waals surface area contributed by atoms with E-state index in [1.54, 1.807) is 0 Å². The molecule has 1 aromatic rings. The fraction of sp³-hybridized carbons (Fsp3) is 0.533. The van der Waals surface area contributed by atoms with Crippen molar-refractivity contribution in [2.45, 2.75) is 43.5 Å². The van der Waals surface area contributed by atoms with E-state index in [9.17, 15) is 0 Å². The first-order chi connectivity index (χ1) is 9.72. The number of rotatable bonds is 5. The molecule has 20 heavy (non-hydrogen) atoms. The van der Waals surface area contributed by atoms with Crippen molar-refractivity contribution < 1.29 is 5.21 Å². The minimum atomic E-state index is 0.153. The summed E-state index contributed by atoms with van der Waals surface area (Å²) in [7, 11) is 0. The van der Waals surface area contributed by atoms with Crippen LogP contribution < -0.4 is 11.1 Å². The molecule has 1 aliphatic carbocycles. The number of oxime groups is 1. The Labute approximate surface area is 124 Å². The van der Waals surface area contributed by atoms with Crippen molar-refractivity contribution in [1.82, 2.24) is 5.32 Å². The third kappa shape index (κ3) is 4.15. The summed E-state index contributed by atoms with van der Waals surface area (Å²) < 4.78 is 0. The molecule has 0 aromatic heterocycles. The Morgan fingerprint density at radius 3 is 2.50 bits per heavy atom. The van der Waals surface area contributed by atoms with Gasteiger partial charge in [-0.15, -0.1) is 0 Å². The number of nitrogens with two attached hydrogens (primary N) is 1. The Kier molecular flexibility index (Phi) is 5.73. The van der Waals surface area contributed by atoms with Gasteiger partial charge in [-0.05, 0) is 37.5 Å². The number of hydrogen-bond donors (Lipinski definition) is 3. The zero-order valence-electron chi connectivity index (χ0n) is 11.9. The van der Waals surface area contributed by atoms with Crippen LogP contribution in [0.25, 0.3) is 0 Å². The van der Waals surface area contributed by atoms with E-state index in [1.165, 1.54) is 31.2 Å². The monoisotopic (exact) mass is 293 g/mol. The number of benzene rings is 1. The van der Waals surface area contributed by atoms with Crippen LogP contribution >= 0.6 is 11.8 Å². The van der Waals surface area contributed by atoms with Crippen molar-refractivity contribution in [1.29, 1.82) is 0 Å². The quantitative estimate of drug-likeness (QED) is 0.338. The number of nitrogens with one attached hydrogen (secondary N) is 1. The molecule has 2 rings (SSSR count). The SMILES string of the molecule is CSC1CCC(NCc2ccc(/C(N)=N/O)cc2)CC1. The third-order valence-corrected chi connectivity index (χ3v) is 5.10. The molecule has 0 atom stereocenters. The maximum Gasteiger partial charge on any atom is 0.170 e. The van der Waals surface area contributed by atoms with Crippen molar-refractivity contribution in [3.63, 3.8) is 0 Å². The van der Waals surface area contributed by atoms with Crippen LogP contribution in [0.1, 0.15) is 36.8 Å². The van der Waals surface area contributed by atoms with Crippen LogP contribution in [0.2, 0.25) is 0 Å². The van der Waals surface area contributed by atoms with E-state index in [-0.39, 0.29) is 5.84 Å². The minimum Gasteiger partial charge on any atom is -0.409 e. The van der Waals surface area contributed by atoms with Gasteiger partial charge in [0.2, 0.25) is 0 Å². The van der Waals surface area contributed by atoms with E-state index >= 15 is 0 Å². The molecule has 1 saturated carbocycles. The maximum atomic E-state index is 8.62. The van der Waals surface area contributed by atoms with Crippen molar-refractivity contribution in [3.8, 4) is 0 Å². The van der Waals surface area contributed by atoms with Crippen LogP contribution in [0.15, 0.2) is 29.4 Å². The van der Waals surface area contributed by atoms with Gasteiger partial charge in [0.15, 0.2) is 5.84 Å². The highest BCUT2D eigenvalue weighted by Crippen LogP contribution is 2.26. The first-order valence-corrected chi connectivity index (χ1v) is 8.34. The summed E-state index contributed by atoms with van der Waals surface area (Å²) in [6.45, 7) is 0.880. The predicted octanol–water partition coefficient (Wildman–Crippen LogP) is 2.54. The summed E-state index contributed by atoms with van der Waals surface area (Å²) in [5.41, 5.74) is 7.52. The average Bonchev–Trinajstić information content (AvgIpc) is 2.53. The van der Waals surface area contributed by atoms with Gasteiger partial charge in [0, 0.05) is 23.4 Å². The minimum absolute atomic E-state index is 0.153. The molecule has 5 heteroatoms. The lowest BCUT2D eigenvalue weighted by molar-refractivity contribution is 0.318. The van der Waals surface area contributed by atoms with Crippen molar-refractivity contribution in [2.24, 2.45) is 10.9 Å². The number of nitrogens with zero attached hydrogens (tertiary/aromatic N) is 1. The van der Waals surface area contributed by atoms with Gasteiger partial charge in [0.25, 0.3) is 0 Å². The molecule has 0 unspecified atom stereocenters. The van der Waals surface area contributed by atoms with Crippen LogP contribution in [-0.4, -0.2) is 28.6 Å². The van der Waals surface area contributed by atoms with Crippen LogP contribution in [0.5, 0.6) is 0 Å². The van der Waals surface area contributed by atoms with Gasteiger partial charge in [0.05, 0.1) is 0 Å². The summed E-state index contributed by atoms with van der Waals surface area (Å²) in [5, 5.41) is 16.1. The summed E-state index contributed by atoms with van der Waals surface area (Å²) >= 11 is 2.00. The second-order valence-electron chi connectivity index (χ2n) is 5.27. The Morgan fingerprint density at radius 2 is 1.95 bits per heavy atom. The normalized spacial score (nSPS) is 23.8. The highest BCUT2D eigenvalue weighted by molar-refractivity contribution is 7.99. The fourth-order valence-electron chi connectivity index (χ4n) is 2.62. The molecule has 0 bridgehead atoms. The molecule has 110 valence electrons. The van der Waals surface area contributed by atoms with Crippen LogP contribution in [0.3, 0.4) is 0 Å². The summed E-state index contributed by atoms with van der Waals surface area (Å²) in [6.07, 6.45) is 7.39. The van der Waals surface area contributed by atoms with Gasteiger partial charge in [-0.1, -0.05) is 29.4 Å². The highest BCUT2D eigenvalue weighted by Gasteiger charge is 2.19.